The fraction of sp³-hybridized carbons (Fsp3) is 0.235. The molecule has 25 heavy (non-hydrogen) atoms. The van der Waals surface area contributed by atoms with Crippen LogP contribution in [-0.4, -0.2) is 37.3 Å². The van der Waals surface area contributed by atoms with Crippen LogP contribution in [0, 0.1) is 6.92 Å². The molecule has 0 atom stereocenters. The second-order valence-corrected chi connectivity index (χ2v) is 6.52. The minimum Gasteiger partial charge on any atom is -0.370 e. The van der Waals surface area contributed by atoms with E-state index in [0.717, 1.165) is 28.9 Å². The number of primary amides is 1. The third-order valence-corrected chi connectivity index (χ3v) is 4.88. The number of halogens is 1. The average Bonchev–Trinajstić information content (AvgIpc) is 3.15. The van der Waals surface area contributed by atoms with E-state index in [9.17, 15) is 4.79 Å². The zero-order chi connectivity index (χ0) is 17.7. The first-order chi connectivity index (χ1) is 12.0. The lowest BCUT2D eigenvalue weighted by Gasteiger charge is -2.26. The summed E-state index contributed by atoms with van der Waals surface area (Å²) in [5.74, 6) is -0.498. The maximum Gasteiger partial charge on any atom is 0.252 e. The Morgan fingerprint density at radius 1 is 1.44 bits per heavy atom. The molecule has 1 aliphatic rings. The summed E-state index contributed by atoms with van der Waals surface area (Å²) >= 11 is 6.37. The zero-order valence-corrected chi connectivity index (χ0v) is 14.5. The van der Waals surface area contributed by atoms with Gasteiger partial charge in [-0.3, -0.25) is 14.6 Å². The molecule has 1 aromatic carbocycles. The van der Waals surface area contributed by atoms with Gasteiger partial charge in [0.25, 0.3) is 5.91 Å². The van der Waals surface area contributed by atoms with E-state index in [2.05, 4.69) is 21.9 Å². The van der Waals surface area contributed by atoms with Crippen molar-refractivity contribution in [3.05, 3.63) is 46.9 Å². The molecule has 8 heteroatoms. The molecule has 128 valence electrons. The van der Waals surface area contributed by atoms with Crippen molar-refractivity contribution in [2.75, 3.05) is 6.54 Å². The van der Waals surface area contributed by atoms with Crippen molar-refractivity contribution in [2.24, 2.45) is 5.73 Å². The van der Waals surface area contributed by atoms with Crippen molar-refractivity contribution in [3.63, 3.8) is 0 Å². The highest BCUT2D eigenvalue weighted by Crippen LogP contribution is 2.34. The minimum absolute atomic E-state index is 0.433. The van der Waals surface area contributed by atoms with Gasteiger partial charge in [-0.15, -0.1) is 0 Å². The second-order valence-electron chi connectivity index (χ2n) is 6.11. The molecule has 1 aliphatic heterocycles. The molecule has 0 saturated carbocycles. The number of nitrogens with zero attached hydrogens (tertiary/aromatic N) is 4. The Morgan fingerprint density at radius 2 is 2.24 bits per heavy atom. The molecular formula is C17H17ClN6O. The summed E-state index contributed by atoms with van der Waals surface area (Å²) in [5, 5.41) is 13.2. The lowest BCUT2D eigenvalue weighted by molar-refractivity contribution is 0.0998. The molecule has 3 N–H and O–H groups in total. The van der Waals surface area contributed by atoms with Gasteiger partial charge in [-0.1, -0.05) is 18.2 Å². The van der Waals surface area contributed by atoms with Crippen molar-refractivity contribution in [1.29, 1.82) is 0 Å². The van der Waals surface area contributed by atoms with Crippen LogP contribution in [0.4, 0.5) is 0 Å². The fourth-order valence-corrected chi connectivity index (χ4v) is 3.55. The molecule has 0 aliphatic carbocycles. The summed E-state index contributed by atoms with van der Waals surface area (Å²) in [6, 6.07) is 3.71. The fourth-order valence-electron chi connectivity index (χ4n) is 3.29. The monoisotopic (exact) mass is 356 g/mol. The van der Waals surface area contributed by atoms with Crippen LogP contribution >= 0.6 is 11.6 Å². The number of H-pyrrole nitrogens is 1. The van der Waals surface area contributed by atoms with Gasteiger partial charge in [-0.2, -0.15) is 10.2 Å². The molecule has 3 aromatic rings. The second kappa shape index (κ2) is 5.63. The number of aromatic amines is 1. The molecule has 0 radical (unpaired) electrons. The van der Waals surface area contributed by atoms with Crippen molar-refractivity contribution >= 4 is 28.4 Å². The van der Waals surface area contributed by atoms with Crippen LogP contribution in [0.5, 0.6) is 0 Å². The molecule has 0 saturated heterocycles. The minimum atomic E-state index is -0.498. The Balaban J connectivity index is 1.94. The summed E-state index contributed by atoms with van der Waals surface area (Å²) in [5.41, 5.74) is 9.82. The van der Waals surface area contributed by atoms with E-state index in [1.807, 2.05) is 22.6 Å². The number of nitrogens with one attached hydrogen (secondary N) is 1. The van der Waals surface area contributed by atoms with E-state index in [4.69, 9.17) is 17.3 Å². The molecule has 0 fully saturated rings. The van der Waals surface area contributed by atoms with Gasteiger partial charge in [0, 0.05) is 23.2 Å². The van der Waals surface area contributed by atoms with Gasteiger partial charge in [0.15, 0.2) is 0 Å². The lowest BCUT2D eigenvalue weighted by Crippen LogP contribution is -2.31. The van der Waals surface area contributed by atoms with Crippen molar-refractivity contribution < 1.29 is 4.79 Å². The van der Waals surface area contributed by atoms with Gasteiger partial charge in [0.1, 0.15) is 11.2 Å². The summed E-state index contributed by atoms with van der Waals surface area (Å²) in [7, 11) is 0. The number of carbonyl (C=O) groups is 1. The van der Waals surface area contributed by atoms with Gasteiger partial charge in [0.2, 0.25) is 0 Å². The first-order valence-electron chi connectivity index (χ1n) is 7.90. The Labute approximate surface area is 149 Å². The molecule has 2 aromatic heterocycles. The van der Waals surface area contributed by atoms with Crippen LogP contribution in [-0.2, 0) is 13.1 Å². The number of amides is 1. The SMILES string of the molecule is C=CN1CCn2nc(-c3cc(Cl)c4n[nH]c(C)c4c3)c(C(N)=O)c2C1. The third-order valence-electron chi connectivity index (χ3n) is 4.59. The van der Waals surface area contributed by atoms with Crippen molar-refractivity contribution in [1.82, 2.24) is 24.9 Å². The normalized spacial score (nSPS) is 13.9. The van der Waals surface area contributed by atoms with Crippen LogP contribution in [0.1, 0.15) is 21.7 Å². The third kappa shape index (κ3) is 2.39. The summed E-state index contributed by atoms with van der Waals surface area (Å²) < 4.78 is 1.84. The number of nitrogens with two attached hydrogens (primary N) is 1. The van der Waals surface area contributed by atoms with E-state index < -0.39 is 5.91 Å². The molecule has 4 rings (SSSR count). The highest BCUT2D eigenvalue weighted by molar-refractivity contribution is 6.35. The van der Waals surface area contributed by atoms with Crippen LogP contribution in [0.2, 0.25) is 5.02 Å². The molecule has 7 nitrogen and oxygen atoms in total. The standard InChI is InChI=1S/C17H17ClN6O/c1-3-23-4-5-24-13(8-23)14(17(19)25)15(22-24)10-6-11-9(2)20-21-16(11)12(18)7-10/h3,6-7H,1,4-5,8H2,2H3,(H2,19,25)(H,20,21). The van der Waals surface area contributed by atoms with Crippen LogP contribution in [0.15, 0.2) is 24.9 Å². The molecule has 0 spiro atoms. The maximum atomic E-state index is 12.2. The largest absolute Gasteiger partial charge is 0.370 e. The molecular weight excluding hydrogens is 340 g/mol. The smallest absolute Gasteiger partial charge is 0.252 e. The predicted molar refractivity (Wildman–Crippen MR) is 96.2 cm³/mol. The van der Waals surface area contributed by atoms with E-state index >= 15 is 0 Å². The number of rotatable bonds is 3. The van der Waals surface area contributed by atoms with Crippen molar-refractivity contribution in [2.45, 2.75) is 20.0 Å². The number of benzene rings is 1. The molecule has 0 unspecified atom stereocenters. The van der Waals surface area contributed by atoms with Gasteiger partial charge in [-0.05, 0) is 25.3 Å². The summed E-state index contributed by atoms with van der Waals surface area (Å²) in [6.07, 6.45) is 1.76. The highest BCUT2D eigenvalue weighted by Gasteiger charge is 2.27. The maximum absolute atomic E-state index is 12.2. The van der Waals surface area contributed by atoms with Crippen LogP contribution in [0.3, 0.4) is 0 Å². The van der Waals surface area contributed by atoms with Crippen LogP contribution < -0.4 is 5.73 Å². The Morgan fingerprint density at radius 3 is 2.96 bits per heavy atom. The molecule has 0 bridgehead atoms. The van der Waals surface area contributed by atoms with Crippen LogP contribution in [0.25, 0.3) is 22.2 Å². The predicted octanol–water partition coefficient (Wildman–Crippen LogP) is 2.45. The average molecular weight is 357 g/mol. The zero-order valence-electron chi connectivity index (χ0n) is 13.7. The quantitative estimate of drug-likeness (QED) is 0.753. The van der Waals surface area contributed by atoms with E-state index in [1.54, 1.807) is 12.3 Å². The first-order valence-corrected chi connectivity index (χ1v) is 8.28. The Bertz CT molecular complexity index is 1020. The van der Waals surface area contributed by atoms with E-state index in [0.29, 0.717) is 34.9 Å². The van der Waals surface area contributed by atoms with Crippen molar-refractivity contribution in [3.8, 4) is 11.3 Å². The molecule has 3 heterocycles. The Hall–Kier alpha value is -2.80. The van der Waals surface area contributed by atoms with Gasteiger partial charge in [0.05, 0.1) is 29.4 Å². The Kier molecular flexibility index (Phi) is 3.54. The van der Waals surface area contributed by atoms with Gasteiger partial charge in [-0.25, -0.2) is 0 Å². The number of aryl methyl sites for hydroxylation is 1. The number of hydrogen-bond donors (Lipinski definition) is 2. The topological polar surface area (TPSA) is 92.8 Å². The number of carbonyl (C=O) groups excluding carboxylic acids is 1. The first kappa shape index (κ1) is 15.7. The molecule has 1 amide bonds. The summed E-state index contributed by atoms with van der Waals surface area (Å²) in [4.78, 5) is 14.2. The number of aromatic nitrogens is 4. The van der Waals surface area contributed by atoms with Gasteiger partial charge < -0.3 is 10.6 Å². The number of fused-ring (bicyclic) bond motifs is 2. The van der Waals surface area contributed by atoms with E-state index in [1.165, 1.54) is 0 Å². The number of hydrogen-bond acceptors (Lipinski definition) is 4. The van der Waals surface area contributed by atoms with E-state index in [-0.39, 0.29) is 0 Å². The van der Waals surface area contributed by atoms with Gasteiger partial charge >= 0.3 is 0 Å². The highest BCUT2D eigenvalue weighted by atomic mass is 35.5. The lowest BCUT2D eigenvalue weighted by atomic mass is 10.0. The summed E-state index contributed by atoms with van der Waals surface area (Å²) in [6.45, 7) is 7.73.